The summed E-state index contributed by atoms with van der Waals surface area (Å²) in [5, 5.41) is 7.92. The van der Waals surface area contributed by atoms with Crippen molar-refractivity contribution in [3.8, 4) is 0 Å². The minimum atomic E-state index is -0.427. The number of nitrogens with one attached hydrogen (secondary N) is 1. The van der Waals surface area contributed by atoms with E-state index >= 15 is 0 Å². The molecule has 1 N–H and O–H groups in total. The highest BCUT2D eigenvalue weighted by atomic mass is 16.6. The van der Waals surface area contributed by atoms with E-state index in [0.717, 1.165) is 38.2 Å². The molecule has 0 unspecified atom stereocenters. The molecule has 0 spiro atoms. The van der Waals surface area contributed by atoms with Gasteiger partial charge in [0.2, 0.25) is 0 Å². The van der Waals surface area contributed by atoms with E-state index in [0.29, 0.717) is 6.04 Å². The SMILES string of the molecule is Cc1nn(C)cc1CNC1CCN(C(=O)OC(C)(C)C)CC1. The van der Waals surface area contributed by atoms with E-state index in [1.807, 2.05) is 39.4 Å². The summed E-state index contributed by atoms with van der Waals surface area (Å²) in [6.07, 6.45) is 3.77. The van der Waals surface area contributed by atoms with Crippen molar-refractivity contribution in [3.05, 3.63) is 17.5 Å². The molecule has 0 bridgehead atoms. The predicted molar refractivity (Wildman–Crippen MR) is 85.6 cm³/mol. The minimum absolute atomic E-state index is 0.200. The van der Waals surface area contributed by atoms with Crippen LogP contribution in [0.15, 0.2) is 6.20 Å². The molecule has 1 aromatic heterocycles. The Balaban J connectivity index is 1.75. The van der Waals surface area contributed by atoms with Crippen LogP contribution in [0.3, 0.4) is 0 Å². The summed E-state index contributed by atoms with van der Waals surface area (Å²) in [5.41, 5.74) is 1.88. The highest BCUT2D eigenvalue weighted by Crippen LogP contribution is 2.16. The number of piperidine rings is 1. The third-order valence-corrected chi connectivity index (χ3v) is 3.84. The number of hydrogen-bond donors (Lipinski definition) is 1. The Labute approximate surface area is 132 Å². The second-order valence-electron chi connectivity index (χ2n) is 7.04. The summed E-state index contributed by atoms with van der Waals surface area (Å²) in [4.78, 5) is 13.8. The molecule has 1 aromatic rings. The Bertz CT molecular complexity index is 511. The lowest BCUT2D eigenvalue weighted by atomic mass is 10.0. The van der Waals surface area contributed by atoms with Crippen molar-refractivity contribution in [3.63, 3.8) is 0 Å². The van der Waals surface area contributed by atoms with Gasteiger partial charge in [-0.1, -0.05) is 0 Å². The lowest BCUT2D eigenvalue weighted by Crippen LogP contribution is -2.46. The third kappa shape index (κ3) is 4.73. The Kier molecular flexibility index (Phi) is 5.11. The number of aromatic nitrogens is 2. The average Bonchev–Trinajstić information content (AvgIpc) is 2.73. The highest BCUT2D eigenvalue weighted by Gasteiger charge is 2.26. The maximum Gasteiger partial charge on any atom is 0.410 e. The normalized spacial score (nSPS) is 16.9. The molecule has 0 radical (unpaired) electrons. The van der Waals surface area contributed by atoms with Gasteiger partial charge in [0.1, 0.15) is 5.60 Å². The fourth-order valence-corrected chi connectivity index (χ4v) is 2.67. The van der Waals surface area contributed by atoms with Crippen molar-refractivity contribution in [2.75, 3.05) is 13.1 Å². The molecule has 6 heteroatoms. The number of amides is 1. The van der Waals surface area contributed by atoms with E-state index in [9.17, 15) is 4.79 Å². The van der Waals surface area contributed by atoms with Crippen molar-refractivity contribution < 1.29 is 9.53 Å². The second kappa shape index (κ2) is 6.69. The van der Waals surface area contributed by atoms with E-state index in [1.54, 1.807) is 4.90 Å². The molecule has 0 atom stereocenters. The summed E-state index contributed by atoms with van der Waals surface area (Å²) < 4.78 is 7.26. The maximum absolute atomic E-state index is 12.0. The zero-order chi connectivity index (χ0) is 16.3. The van der Waals surface area contributed by atoms with E-state index in [4.69, 9.17) is 4.74 Å². The van der Waals surface area contributed by atoms with Crippen molar-refractivity contribution in [2.24, 2.45) is 7.05 Å². The van der Waals surface area contributed by atoms with Gasteiger partial charge in [-0.25, -0.2) is 4.79 Å². The standard InChI is InChI=1S/C16H28N4O2/c1-12-13(11-19(5)18-12)10-17-14-6-8-20(9-7-14)15(21)22-16(2,3)4/h11,14,17H,6-10H2,1-5H3. The van der Waals surface area contributed by atoms with Crippen LogP contribution < -0.4 is 5.32 Å². The molecule has 1 saturated heterocycles. The van der Waals surface area contributed by atoms with Gasteiger partial charge >= 0.3 is 6.09 Å². The Morgan fingerprint density at radius 1 is 1.41 bits per heavy atom. The van der Waals surface area contributed by atoms with Crippen LogP contribution in [-0.4, -0.2) is 45.5 Å². The Morgan fingerprint density at radius 3 is 2.55 bits per heavy atom. The average molecular weight is 308 g/mol. The number of likely N-dealkylation sites (tertiary alicyclic amines) is 1. The topological polar surface area (TPSA) is 59.4 Å². The van der Waals surface area contributed by atoms with Crippen LogP contribution in [-0.2, 0) is 18.3 Å². The quantitative estimate of drug-likeness (QED) is 0.930. The number of hydrogen-bond acceptors (Lipinski definition) is 4. The summed E-state index contributed by atoms with van der Waals surface area (Å²) in [6, 6.07) is 0.443. The number of ether oxygens (including phenoxy) is 1. The molecule has 2 heterocycles. The number of aryl methyl sites for hydroxylation is 2. The number of carbonyl (C=O) groups excluding carboxylic acids is 1. The smallest absolute Gasteiger partial charge is 0.410 e. The van der Waals surface area contributed by atoms with Crippen LogP contribution in [0, 0.1) is 6.92 Å². The summed E-state index contributed by atoms with van der Waals surface area (Å²) in [7, 11) is 1.94. The molecule has 1 aliphatic heterocycles. The van der Waals surface area contributed by atoms with Gasteiger partial charge < -0.3 is 15.0 Å². The first kappa shape index (κ1) is 16.8. The molecule has 1 aliphatic rings. The molecular weight excluding hydrogens is 280 g/mol. The van der Waals surface area contributed by atoms with Gasteiger partial charge in [-0.2, -0.15) is 5.10 Å². The molecular formula is C16H28N4O2. The zero-order valence-corrected chi connectivity index (χ0v) is 14.3. The van der Waals surface area contributed by atoms with E-state index in [-0.39, 0.29) is 6.09 Å². The van der Waals surface area contributed by atoms with Crippen LogP contribution in [0.1, 0.15) is 44.9 Å². The van der Waals surface area contributed by atoms with E-state index < -0.39 is 5.60 Å². The highest BCUT2D eigenvalue weighted by molar-refractivity contribution is 5.68. The number of rotatable bonds is 3. The van der Waals surface area contributed by atoms with Crippen LogP contribution in [0.4, 0.5) is 4.79 Å². The molecule has 0 saturated carbocycles. The van der Waals surface area contributed by atoms with Crippen LogP contribution in [0.5, 0.6) is 0 Å². The molecule has 124 valence electrons. The first-order valence-corrected chi connectivity index (χ1v) is 7.95. The van der Waals surface area contributed by atoms with Gasteiger partial charge in [0.05, 0.1) is 5.69 Å². The molecule has 0 aromatic carbocycles. The van der Waals surface area contributed by atoms with Gasteiger partial charge in [-0.15, -0.1) is 0 Å². The lowest BCUT2D eigenvalue weighted by molar-refractivity contribution is 0.0198. The maximum atomic E-state index is 12.0. The van der Waals surface area contributed by atoms with Gasteiger partial charge in [-0.3, -0.25) is 4.68 Å². The fraction of sp³-hybridized carbons (Fsp3) is 0.750. The molecule has 6 nitrogen and oxygen atoms in total. The summed E-state index contributed by atoms with van der Waals surface area (Å²) in [5.74, 6) is 0. The Hall–Kier alpha value is -1.56. The molecule has 2 rings (SSSR count). The molecule has 1 fully saturated rings. The largest absolute Gasteiger partial charge is 0.444 e. The lowest BCUT2D eigenvalue weighted by Gasteiger charge is -2.33. The first-order valence-electron chi connectivity index (χ1n) is 7.95. The summed E-state index contributed by atoms with van der Waals surface area (Å²) >= 11 is 0. The fourth-order valence-electron chi connectivity index (χ4n) is 2.67. The zero-order valence-electron chi connectivity index (χ0n) is 14.3. The Morgan fingerprint density at radius 2 is 2.05 bits per heavy atom. The summed E-state index contributed by atoms with van der Waals surface area (Å²) in [6.45, 7) is 10.1. The van der Waals surface area contributed by atoms with Crippen molar-refractivity contribution >= 4 is 6.09 Å². The second-order valence-corrected chi connectivity index (χ2v) is 7.04. The van der Waals surface area contributed by atoms with E-state index in [2.05, 4.69) is 16.6 Å². The van der Waals surface area contributed by atoms with Crippen LogP contribution in [0.25, 0.3) is 0 Å². The van der Waals surface area contributed by atoms with Gasteiger partial charge in [0.15, 0.2) is 0 Å². The molecule has 22 heavy (non-hydrogen) atoms. The van der Waals surface area contributed by atoms with Gasteiger partial charge in [-0.05, 0) is 40.5 Å². The third-order valence-electron chi connectivity index (χ3n) is 3.84. The van der Waals surface area contributed by atoms with Crippen molar-refractivity contribution in [2.45, 2.75) is 58.7 Å². The number of carbonyl (C=O) groups is 1. The molecule has 1 amide bonds. The van der Waals surface area contributed by atoms with Crippen molar-refractivity contribution in [1.82, 2.24) is 20.0 Å². The van der Waals surface area contributed by atoms with Gasteiger partial charge in [0.25, 0.3) is 0 Å². The predicted octanol–water partition coefficient (Wildman–Crippen LogP) is 2.22. The van der Waals surface area contributed by atoms with Crippen LogP contribution >= 0.6 is 0 Å². The van der Waals surface area contributed by atoms with Gasteiger partial charge in [0, 0.05) is 44.5 Å². The molecule has 0 aliphatic carbocycles. The first-order chi connectivity index (χ1) is 10.2. The monoisotopic (exact) mass is 308 g/mol. The van der Waals surface area contributed by atoms with Crippen molar-refractivity contribution in [1.29, 1.82) is 0 Å². The van der Waals surface area contributed by atoms with Crippen LogP contribution in [0.2, 0.25) is 0 Å². The minimum Gasteiger partial charge on any atom is -0.444 e. The van der Waals surface area contributed by atoms with E-state index in [1.165, 1.54) is 5.56 Å². The number of nitrogens with zero attached hydrogens (tertiary/aromatic N) is 3.